The molecule has 4 heteroatoms. The highest BCUT2D eigenvalue weighted by atomic mass is 16.5. The van der Waals surface area contributed by atoms with Crippen molar-refractivity contribution in [3.63, 3.8) is 0 Å². The van der Waals surface area contributed by atoms with Crippen LogP contribution in [-0.4, -0.2) is 34.6 Å². The molecule has 0 saturated carbocycles. The minimum atomic E-state index is 0.0859. The Morgan fingerprint density at radius 1 is 1.26 bits per heavy atom. The molecule has 0 amide bonds. The molecule has 1 N–H and O–H groups in total. The third kappa shape index (κ3) is 3.82. The Morgan fingerprint density at radius 2 is 2.00 bits per heavy atom. The molecular weight excluding hydrogens is 286 g/mol. The molecule has 1 atom stereocenters. The molecule has 1 aromatic carbocycles. The van der Waals surface area contributed by atoms with Crippen LogP contribution in [0.25, 0.3) is 0 Å². The number of nitrogens with zero attached hydrogens (tertiary/aromatic N) is 2. The van der Waals surface area contributed by atoms with Gasteiger partial charge in [0.25, 0.3) is 0 Å². The second-order valence-corrected chi connectivity index (χ2v) is 7.48. The Labute approximate surface area is 138 Å². The summed E-state index contributed by atoms with van der Waals surface area (Å²) in [6.45, 7) is 12.1. The maximum atomic E-state index is 5.72. The fourth-order valence-corrected chi connectivity index (χ4v) is 2.89. The van der Waals surface area contributed by atoms with Crippen molar-refractivity contribution in [2.24, 2.45) is 0 Å². The lowest BCUT2D eigenvalue weighted by Crippen LogP contribution is -2.39. The van der Waals surface area contributed by atoms with Gasteiger partial charge in [-0.05, 0) is 12.5 Å². The zero-order chi connectivity index (χ0) is 16.4. The third-order valence-electron chi connectivity index (χ3n) is 4.46. The van der Waals surface area contributed by atoms with Crippen molar-refractivity contribution < 1.29 is 4.74 Å². The quantitative estimate of drug-likeness (QED) is 0.941. The topological polar surface area (TPSA) is 41.1 Å². The van der Waals surface area contributed by atoms with E-state index in [1.54, 1.807) is 0 Å². The lowest BCUT2D eigenvalue weighted by molar-refractivity contribution is -0.0157. The molecule has 2 heterocycles. The number of benzene rings is 1. The first-order valence-electron chi connectivity index (χ1n) is 8.36. The lowest BCUT2D eigenvalue weighted by atomic mass is 9.93. The summed E-state index contributed by atoms with van der Waals surface area (Å²) in [5.41, 5.74) is 3.90. The number of nitrogens with one attached hydrogen (secondary N) is 1. The van der Waals surface area contributed by atoms with Crippen LogP contribution in [0.4, 0.5) is 0 Å². The molecule has 0 radical (unpaired) electrons. The van der Waals surface area contributed by atoms with Gasteiger partial charge in [0.15, 0.2) is 0 Å². The van der Waals surface area contributed by atoms with Gasteiger partial charge in [-0.1, -0.05) is 50.6 Å². The molecule has 0 bridgehead atoms. The van der Waals surface area contributed by atoms with Gasteiger partial charge in [-0.2, -0.15) is 0 Å². The number of imidazole rings is 1. The minimum Gasteiger partial charge on any atom is -0.378 e. The highest BCUT2D eigenvalue weighted by molar-refractivity contribution is 5.22. The molecule has 1 aliphatic rings. The van der Waals surface area contributed by atoms with Gasteiger partial charge in [0.2, 0.25) is 0 Å². The van der Waals surface area contributed by atoms with Gasteiger partial charge in [0, 0.05) is 30.4 Å². The van der Waals surface area contributed by atoms with Crippen molar-refractivity contribution >= 4 is 0 Å². The van der Waals surface area contributed by atoms with Crippen molar-refractivity contribution in [2.45, 2.75) is 45.7 Å². The van der Waals surface area contributed by atoms with Crippen LogP contribution in [0.1, 0.15) is 49.5 Å². The van der Waals surface area contributed by atoms with Gasteiger partial charge in [-0.25, -0.2) is 4.98 Å². The number of aromatic nitrogens is 2. The third-order valence-corrected chi connectivity index (χ3v) is 4.46. The summed E-state index contributed by atoms with van der Waals surface area (Å²) in [4.78, 5) is 10.6. The molecule has 23 heavy (non-hydrogen) atoms. The van der Waals surface area contributed by atoms with Crippen molar-refractivity contribution in [1.82, 2.24) is 14.9 Å². The molecule has 1 saturated heterocycles. The second kappa shape index (κ2) is 6.46. The SMILES string of the molecule is Cc1ccc(CN2CCOC[C@H]2c2ncc(C(C)(C)C)[nH]2)cc1. The van der Waals surface area contributed by atoms with Gasteiger partial charge in [0.05, 0.1) is 19.3 Å². The van der Waals surface area contributed by atoms with Crippen molar-refractivity contribution in [3.8, 4) is 0 Å². The summed E-state index contributed by atoms with van der Waals surface area (Å²) in [6.07, 6.45) is 1.97. The first-order valence-corrected chi connectivity index (χ1v) is 8.36. The maximum Gasteiger partial charge on any atom is 0.126 e. The molecule has 124 valence electrons. The number of aromatic amines is 1. The Balaban J connectivity index is 1.78. The van der Waals surface area contributed by atoms with Crippen LogP contribution < -0.4 is 0 Å². The number of hydrogen-bond donors (Lipinski definition) is 1. The van der Waals surface area contributed by atoms with E-state index < -0.39 is 0 Å². The van der Waals surface area contributed by atoms with Crippen LogP contribution in [0.5, 0.6) is 0 Å². The first-order chi connectivity index (χ1) is 10.9. The number of rotatable bonds is 3. The summed E-state index contributed by atoms with van der Waals surface area (Å²) in [5.74, 6) is 1.02. The summed E-state index contributed by atoms with van der Waals surface area (Å²) >= 11 is 0. The first kappa shape index (κ1) is 16.2. The Kier molecular flexibility index (Phi) is 4.55. The summed E-state index contributed by atoms with van der Waals surface area (Å²) in [5, 5.41) is 0. The summed E-state index contributed by atoms with van der Waals surface area (Å²) in [6, 6.07) is 8.97. The van der Waals surface area contributed by atoms with Gasteiger partial charge < -0.3 is 9.72 Å². The van der Waals surface area contributed by atoms with Gasteiger partial charge >= 0.3 is 0 Å². The van der Waals surface area contributed by atoms with E-state index in [0.29, 0.717) is 6.61 Å². The van der Waals surface area contributed by atoms with E-state index in [9.17, 15) is 0 Å². The molecule has 1 aromatic heterocycles. The Morgan fingerprint density at radius 3 is 2.65 bits per heavy atom. The number of aryl methyl sites for hydroxylation is 1. The standard InChI is InChI=1S/C19H27N3O/c1-14-5-7-15(8-6-14)12-22-9-10-23-13-16(22)18-20-11-17(21-18)19(2,3)4/h5-8,11,16H,9-10,12-13H2,1-4H3,(H,20,21)/t16-/m0/s1. The van der Waals surface area contributed by atoms with E-state index in [4.69, 9.17) is 4.74 Å². The Hall–Kier alpha value is -1.65. The zero-order valence-electron chi connectivity index (χ0n) is 14.6. The molecule has 4 nitrogen and oxygen atoms in total. The predicted octanol–water partition coefficient (Wildman–Crippen LogP) is 3.59. The predicted molar refractivity (Wildman–Crippen MR) is 92.4 cm³/mol. The highest BCUT2D eigenvalue weighted by Crippen LogP contribution is 2.27. The number of H-pyrrole nitrogens is 1. The largest absolute Gasteiger partial charge is 0.378 e. The molecule has 1 aliphatic heterocycles. The van der Waals surface area contributed by atoms with E-state index in [1.165, 1.54) is 16.8 Å². The van der Waals surface area contributed by atoms with Crippen molar-refractivity contribution in [1.29, 1.82) is 0 Å². The van der Waals surface area contributed by atoms with Crippen molar-refractivity contribution in [3.05, 3.63) is 53.1 Å². The van der Waals surface area contributed by atoms with Crippen LogP contribution >= 0.6 is 0 Å². The monoisotopic (exact) mass is 313 g/mol. The van der Waals surface area contributed by atoms with Crippen molar-refractivity contribution in [2.75, 3.05) is 19.8 Å². The number of ether oxygens (including phenoxy) is 1. The molecular formula is C19H27N3O. The van der Waals surface area contributed by atoms with Crippen LogP contribution in [0.2, 0.25) is 0 Å². The van der Waals surface area contributed by atoms with Crippen LogP contribution in [0.15, 0.2) is 30.5 Å². The second-order valence-electron chi connectivity index (χ2n) is 7.48. The van der Waals surface area contributed by atoms with Gasteiger partial charge in [-0.3, -0.25) is 4.90 Å². The molecule has 0 spiro atoms. The molecule has 0 unspecified atom stereocenters. The number of morpholine rings is 1. The van der Waals surface area contributed by atoms with Gasteiger partial charge in [0.1, 0.15) is 5.82 Å². The van der Waals surface area contributed by atoms with Crippen LogP contribution in [0.3, 0.4) is 0 Å². The smallest absolute Gasteiger partial charge is 0.126 e. The van der Waals surface area contributed by atoms with Gasteiger partial charge in [-0.15, -0.1) is 0 Å². The van der Waals surface area contributed by atoms with E-state index >= 15 is 0 Å². The molecule has 3 rings (SSSR count). The van der Waals surface area contributed by atoms with E-state index in [-0.39, 0.29) is 11.5 Å². The zero-order valence-corrected chi connectivity index (χ0v) is 14.6. The molecule has 2 aromatic rings. The van der Waals surface area contributed by atoms with E-state index in [1.807, 2.05) is 6.20 Å². The Bertz CT molecular complexity index is 639. The normalized spacial score (nSPS) is 19.9. The summed E-state index contributed by atoms with van der Waals surface area (Å²) < 4.78 is 5.72. The average molecular weight is 313 g/mol. The lowest BCUT2D eigenvalue weighted by Gasteiger charge is -2.34. The fourth-order valence-electron chi connectivity index (χ4n) is 2.89. The molecule has 1 fully saturated rings. The maximum absolute atomic E-state index is 5.72. The number of hydrogen-bond acceptors (Lipinski definition) is 3. The van der Waals surface area contributed by atoms with E-state index in [2.05, 4.69) is 66.8 Å². The average Bonchev–Trinajstić information content (AvgIpc) is 3.00. The fraction of sp³-hybridized carbons (Fsp3) is 0.526. The summed E-state index contributed by atoms with van der Waals surface area (Å²) in [7, 11) is 0. The highest BCUT2D eigenvalue weighted by Gasteiger charge is 2.28. The minimum absolute atomic E-state index is 0.0859. The van der Waals surface area contributed by atoms with E-state index in [0.717, 1.165) is 25.5 Å². The van der Waals surface area contributed by atoms with Crippen LogP contribution in [-0.2, 0) is 16.7 Å². The van der Waals surface area contributed by atoms with Crippen LogP contribution in [0, 0.1) is 6.92 Å². The molecule has 0 aliphatic carbocycles.